The third-order valence-electron chi connectivity index (χ3n) is 6.12. The lowest BCUT2D eigenvalue weighted by atomic mass is 9.88. The Bertz CT molecular complexity index is 869. The number of halogens is 1. The largest absolute Gasteiger partial charge is 0.506 e. The summed E-state index contributed by atoms with van der Waals surface area (Å²) in [6.07, 6.45) is 0.324. The molecule has 0 bridgehead atoms. The number of nitrogens with zero attached hydrogens (tertiary/aromatic N) is 2. The first-order chi connectivity index (χ1) is 12.9. The highest BCUT2D eigenvalue weighted by Crippen LogP contribution is 2.44. The predicted octanol–water partition coefficient (Wildman–Crippen LogP) is 3.66. The molecule has 0 aliphatic carbocycles. The van der Waals surface area contributed by atoms with Gasteiger partial charge in [-0.3, -0.25) is 9.69 Å². The van der Waals surface area contributed by atoms with Gasteiger partial charge in [0.05, 0.1) is 11.4 Å². The van der Waals surface area contributed by atoms with E-state index in [0.29, 0.717) is 29.3 Å². The van der Waals surface area contributed by atoms with Gasteiger partial charge in [-0.1, -0.05) is 41.9 Å². The third kappa shape index (κ3) is 3.44. The van der Waals surface area contributed by atoms with Crippen molar-refractivity contribution in [2.45, 2.75) is 19.4 Å². The number of fused-ring (bicyclic) bond motifs is 1. The molecular formula is C22H25ClN2O2. The van der Waals surface area contributed by atoms with Crippen LogP contribution in [0.25, 0.3) is 0 Å². The number of aryl methyl sites for hydroxylation is 1. The second-order valence-corrected chi connectivity index (χ2v) is 8.33. The zero-order chi connectivity index (χ0) is 19.1. The van der Waals surface area contributed by atoms with Crippen molar-refractivity contribution >= 4 is 17.5 Å². The van der Waals surface area contributed by atoms with Crippen LogP contribution in [-0.4, -0.2) is 47.5 Å². The van der Waals surface area contributed by atoms with E-state index in [2.05, 4.69) is 43.1 Å². The van der Waals surface area contributed by atoms with Crippen molar-refractivity contribution in [1.82, 2.24) is 9.80 Å². The topological polar surface area (TPSA) is 43.8 Å². The molecule has 2 heterocycles. The van der Waals surface area contributed by atoms with Crippen LogP contribution in [-0.2, 0) is 11.2 Å². The van der Waals surface area contributed by atoms with Crippen LogP contribution in [0, 0.1) is 18.8 Å². The lowest BCUT2D eigenvalue weighted by Crippen LogP contribution is -2.34. The Morgan fingerprint density at radius 1 is 1.19 bits per heavy atom. The molecule has 3 atom stereocenters. The summed E-state index contributed by atoms with van der Waals surface area (Å²) < 4.78 is 0. The summed E-state index contributed by atoms with van der Waals surface area (Å²) in [5.41, 5.74) is 3.54. The fourth-order valence-corrected chi connectivity index (χ4v) is 5.00. The van der Waals surface area contributed by atoms with Crippen LogP contribution in [0.5, 0.6) is 5.75 Å². The van der Waals surface area contributed by atoms with Crippen LogP contribution in [0.4, 0.5) is 0 Å². The van der Waals surface area contributed by atoms with Crippen molar-refractivity contribution < 1.29 is 9.90 Å². The normalized spacial score (nSPS) is 25.0. The summed E-state index contributed by atoms with van der Waals surface area (Å²) in [5.74, 6) is 1.18. The molecule has 2 aliphatic rings. The first kappa shape index (κ1) is 18.3. The Morgan fingerprint density at radius 3 is 2.70 bits per heavy atom. The van der Waals surface area contributed by atoms with Gasteiger partial charge >= 0.3 is 0 Å². The van der Waals surface area contributed by atoms with Crippen molar-refractivity contribution in [3.8, 4) is 5.75 Å². The highest BCUT2D eigenvalue weighted by atomic mass is 35.5. The van der Waals surface area contributed by atoms with E-state index in [1.807, 2.05) is 4.90 Å². The number of benzene rings is 2. The average molecular weight is 385 g/mol. The molecular weight excluding hydrogens is 360 g/mol. The van der Waals surface area contributed by atoms with Gasteiger partial charge in [0.1, 0.15) is 5.75 Å². The van der Waals surface area contributed by atoms with E-state index in [-0.39, 0.29) is 11.7 Å². The van der Waals surface area contributed by atoms with Crippen LogP contribution >= 0.6 is 11.6 Å². The lowest BCUT2D eigenvalue weighted by molar-refractivity contribution is -0.129. The Balaban J connectivity index is 1.48. The molecule has 2 fully saturated rings. The molecule has 0 spiro atoms. The molecule has 2 saturated heterocycles. The number of rotatable bonds is 3. The number of likely N-dealkylation sites (tertiary alicyclic amines) is 2. The van der Waals surface area contributed by atoms with Gasteiger partial charge in [-0.2, -0.15) is 0 Å². The van der Waals surface area contributed by atoms with Gasteiger partial charge in [-0.25, -0.2) is 0 Å². The molecule has 0 aromatic heterocycles. The molecule has 2 aromatic rings. The van der Waals surface area contributed by atoms with Crippen LogP contribution in [0.3, 0.4) is 0 Å². The number of hydrogen-bond donors (Lipinski definition) is 1. The molecule has 142 valence electrons. The number of phenolic OH excluding ortho intramolecular Hbond substituents is 1. The van der Waals surface area contributed by atoms with Gasteiger partial charge in [0, 0.05) is 31.6 Å². The number of carbonyl (C=O) groups excluding carboxylic acids is 1. The first-order valence-electron chi connectivity index (χ1n) is 9.45. The first-order valence-corrected chi connectivity index (χ1v) is 9.82. The minimum atomic E-state index is 0.0488. The zero-order valence-electron chi connectivity index (χ0n) is 15.7. The molecule has 2 aromatic carbocycles. The number of carbonyl (C=O) groups is 1. The maximum Gasteiger partial charge on any atom is 0.227 e. The van der Waals surface area contributed by atoms with Crippen molar-refractivity contribution in [2.75, 3.05) is 26.7 Å². The van der Waals surface area contributed by atoms with E-state index in [9.17, 15) is 9.90 Å². The Labute approximate surface area is 165 Å². The summed E-state index contributed by atoms with van der Waals surface area (Å²) in [4.78, 5) is 17.3. The number of amides is 1. The predicted molar refractivity (Wildman–Crippen MR) is 107 cm³/mol. The molecule has 0 unspecified atom stereocenters. The monoisotopic (exact) mass is 384 g/mol. The van der Waals surface area contributed by atoms with E-state index in [0.717, 1.165) is 25.2 Å². The van der Waals surface area contributed by atoms with Crippen LogP contribution in [0.2, 0.25) is 5.02 Å². The van der Waals surface area contributed by atoms with Gasteiger partial charge in [-0.15, -0.1) is 0 Å². The molecule has 0 saturated carbocycles. The molecule has 1 amide bonds. The van der Waals surface area contributed by atoms with Gasteiger partial charge in [0.15, 0.2) is 0 Å². The quantitative estimate of drug-likeness (QED) is 0.878. The minimum absolute atomic E-state index is 0.0488. The van der Waals surface area contributed by atoms with Crippen molar-refractivity contribution in [3.05, 3.63) is 64.2 Å². The zero-order valence-corrected chi connectivity index (χ0v) is 16.5. The molecule has 0 radical (unpaired) electrons. The summed E-state index contributed by atoms with van der Waals surface area (Å²) in [7, 11) is 2.19. The molecule has 4 nitrogen and oxygen atoms in total. The third-order valence-corrected chi connectivity index (χ3v) is 6.42. The van der Waals surface area contributed by atoms with Gasteiger partial charge in [0.2, 0.25) is 5.91 Å². The van der Waals surface area contributed by atoms with Crippen molar-refractivity contribution in [2.24, 2.45) is 11.8 Å². The smallest absolute Gasteiger partial charge is 0.227 e. The fourth-order valence-electron chi connectivity index (χ4n) is 4.79. The van der Waals surface area contributed by atoms with Gasteiger partial charge in [-0.05, 0) is 48.7 Å². The Morgan fingerprint density at radius 2 is 1.96 bits per heavy atom. The molecule has 27 heavy (non-hydrogen) atoms. The van der Waals surface area contributed by atoms with E-state index in [1.165, 1.54) is 11.1 Å². The lowest BCUT2D eigenvalue weighted by Gasteiger charge is -2.28. The van der Waals surface area contributed by atoms with Crippen LogP contribution in [0.1, 0.15) is 22.7 Å². The fraction of sp³-hybridized carbons (Fsp3) is 0.409. The maximum atomic E-state index is 12.8. The standard InChI is InChI=1S/C22H25ClN2O2/c1-14-5-3-4-6-17(14)22-18-13-25(12-16(18)11-24(22)2)21(27)10-15-7-8-20(26)19(23)9-15/h3-9,16,18,22,26H,10-13H2,1-2H3/t16-,18+,22+/m0/s1. The number of hydrogen-bond acceptors (Lipinski definition) is 3. The Kier molecular flexibility index (Phi) is 4.87. The SMILES string of the molecule is Cc1ccccc1[C@@H]1[C@@H]2CN(C(=O)Cc3ccc(O)c(Cl)c3)C[C@@H]2CN1C. The highest BCUT2D eigenvalue weighted by molar-refractivity contribution is 6.32. The second kappa shape index (κ2) is 7.17. The molecule has 4 rings (SSSR count). The van der Waals surface area contributed by atoms with Gasteiger partial charge < -0.3 is 10.0 Å². The molecule has 2 aliphatic heterocycles. The van der Waals surface area contributed by atoms with E-state index in [1.54, 1.807) is 18.2 Å². The summed E-state index contributed by atoms with van der Waals surface area (Å²) in [5, 5.41) is 9.84. The summed E-state index contributed by atoms with van der Waals surface area (Å²) in [6.45, 7) is 4.82. The second-order valence-electron chi connectivity index (χ2n) is 7.93. The summed E-state index contributed by atoms with van der Waals surface area (Å²) in [6, 6.07) is 13.9. The maximum absolute atomic E-state index is 12.8. The van der Waals surface area contributed by atoms with Crippen molar-refractivity contribution in [3.63, 3.8) is 0 Å². The van der Waals surface area contributed by atoms with E-state index < -0.39 is 0 Å². The Hall–Kier alpha value is -2.04. The molecule has 1 N–H and O–H groups in total. The van der Waals surface area contributed by atoms with Gasteiger partial charge in [0.25, 0.3) is 0 Å². The van der Waals surface area contributed by atoms with Crippen LogP contribution in [0.15, 0.2) is 42.5 Å². The average Bonchev–Trinajstić information content (AvgIpc) is 3.16. The van der Waals surface area contributed by atoms with Crippen LogP contribution < -0.4 is 0 Å². The van der Waals surface area contributed by atoms with Crippen molar-refractivity contribution in [1.29, 1.82) is 0 Å². The molecule has 5 heteroatoms. The summed E-state index contributed by atoms with van der Waals surface area (Å²) >= 11 is 5.97. The van der Waals surface area contributed by atoms with E-state index >= 15 is 0 Å². The van der Waals surface area contributed by atoms with E-state index in [4.69, 9.17) is 11.6 Å². The number of aromatic hydroxyl groups is 1. The highest BCUT2D eigenvalue weighted by Gasteiger charge is 2.47. The number of phenols is 1. The minimum Gasteiger partial charge on any atom is -0.506 e.